The van der Waals surface area contributed by atoms with Crippen molar-refractivity contribution < 1.29 is 0 Å². The van der Waals surface area contributed by atoms with Crippen LogP contribution in [0.4, 0.5) is 0 Å². The molecule has 0 amide bonds. The number of nitrogens with zero attached hydrogens (tertiary/aromatic N) is 3. The zero-order valence-corrected chi connectivity index (χ0v) is 9.82. The molecule has 0 radical (unpaired) electrons. The van der Waals surface area contributed by atoms with Crippen molar-refractivity contribution in [2.45, 2.75) is 45.7 Å². The standard InChI is InChI=1S/C11H20N4/c1-4-15-10(13-8-14-15)7-9(12-3)11(2)5-6-11/h8-9,12H,4-7H2,1-3H3. The fourth-order valence-corrected chi connectivity index (χ4v) is 2.14. The van der Waals surface area contributed by atoms with E-state index < -0.39 is 0 Å². The Morgan fingerprint density at radius 3 is 2.87 bits per heavy atom. The maximum absolute atomic E-state index is 4.33. The molecule has 1 atom stereocenters. The van der Waals surface area contributed by atoms with Gasteiger partial charge in [-0.3, -0.25) is 4.68 Å². The minimum absolute atomic E-state index is 0.485. The summed E-state index contributed by atoms with van der Waals surface area (Å²) in [6.07, 6.45) is 5.30. The highest BCUT2D eigenvalue weighted by Gasteiger charge is 2.44. The van der Waals surface area contributed by atoms with Crippen molar-refractivity contribution in [3.8, 4) is 0 Å². The second-order valence-electron chi connectivity index (χ2n) is 4.69. The molecule has 1 aliphatic carbocycles. The first-order valence-corrected chi connectivity index (χ1v) is 5.73. The van der Waals surface area contributed by atoms with Crippen molar-refractivity contribution in [1.29, 1.82) is 0 Å². The first-order valence-electron chi connectivity index (χ1n) is 5.73. The second kappa shape index (κ2) is 3.93. The number of aryl methyl sites for hydroxylation is 1. The summed E-state index contributed by atoms with van der Waals surface area (Å²) >= 11 is 0. The van der Waals surface area contributed by atoms with Gasteiger partial charge >= 0.3 is 0 Å². The molecule has 0 bridgehead atoms. The molecule has 2 rings (SSSR count). The van der Waals surface area contributed by atoms with Gasteiger partial charge in [-0.25, -0.2) is 4.98 Å². The monoisotopic (exact) mass is 208 g/mol. The molecule has 4 heteroatoms. The lowest BCUT2D eigenvalue weighted by atomic mass is 9.96. The second-order valence-corrected chi connectivity index (χ2v) is 4.69. The Bertz CT molecular complexity index is 327. The Balaban J connectivity index is 2.06. The van der Waals surface area contributed by atoms with E-state index in [1.165, 1.54) is 12.8 Å². The summed E-state index contributed by atoms with van der Waals surface area (Å²) in [5, 5.41) is 7.62. The van der Waals surface area contributed by atoms with E-state index in [2.05, 4.69) is 29.2 Å². The van der Waals surface area contributed by atoms with Crippen molar-refractivity contribution in [3.63, 3.8) is 0 Å². The zero-order chi connectivity index (χ0) is 10.9. The predicted molar refractivity (Wildman–Crippen MR) is 59.6 cm³/mol. The van der Waals surface area contributed by atoms with E-state index in [9.17, 15) is 0 Å². The van der Waals surface area contributed by atoms with Crippen LogP contribution in [0, 0.1) is 5.41 Å². The lowest BCUT2D eigenvalue weighted by Gasteiger charge is -2.22. The fraction of sp³-hybridized carbons (Fsp3) is 0.818. The predicted octanol–water partition coefficient (Wildman–Crippen LogP) is 1.23. The molecule has 1 aromatic heterocycles. The number of aromatic nitrogens is 3. The number of hydrogen-bond donors (Lipinski definition) is 1. The molecule has 0 aliphatic heterocycles. The van der Waals surface area contributed by atoms with E-state index in [0.717, 1.165) is 18.8 Å². The summed E-state index contributed by atoms with van der Waals surface area (Å²) in [7, 11) is 2.04. The van der Waals surface area contributed by atoms with E-state index in [4.69, 9.17) is 0 Å². The first-order chi connectivity index (χ1) is 7.19. The molecule has 1 aromatic rings. The Hall–Kier alpha value is -0.900. The molecular formula is C11H20N4. The van der Waals surface area contributed by atoms with Gasteiger partial charge in [0.1, 0.15) is 12.2 Å². The van der Waals surface area contributed by atoms with Gasteiger partial charge in [-0.1, -0.05) is 6.92 Å². The molecule has 84 valence electrons. The van der Waals surface area contributed by atoms with Crippen LogP contribution < -0.4 is 5.32 Å². The van der Waals surface area contributed by atoms with Gasteiger partial charge in [0.05, 0.1) is 0 Å². The largest absolute Gasteiger partial charge is 0.316 e. The summed E-state index contributed by atoms with van der Waals surface area (Å²) in [6, 6.07) is 0.534. The maximum Gasteiger partial charge on any atom is 0.138 e. The Morgan fingerprint density at radius 2 is 2.33 bits per heavy atom. The Morgan fingerprint density at radius 1 is 1.60 bits per heavy atom. The minimum Gasteiger partial charge on any atom is -0.316 e. The smallest absolute Gasteiger partial charge is 0.138 e. The van der Waals surface area contributed by atoms with Crippen LogP contribution in [0.1, 0.15) is 32.5 Å². The van der Waals surface area contributed by atoms with E-state index in [0.29, 0.717) is 11.5 Å². The molecule has 1 N–H and O–H groups in total. The molecule has 4 nitrogen and oxygen atoms in total. The summed E-state index contributed by atoms with van der Waals surface area (Å²) in [5.41, 5.74) is 0.485. The average molecular weight is 208 g/mol. The molecule has 1 fully saturated rings. The third kappa shape index (κ3) is 2.04. The van der Waals surface area contributed by atoms with Gasteiger partial charge in [0.25, 0.3) is 0 Å². The SMILES string of the molecule is CCn1ncnc1CC(NC)C1(C)CC1. The van der Waals surface area contributed by atoms with Crippen LogP contribution in [0.25, 0.3) is 0 Å². The summed E-state index contributed by atoms with van der Waals surface area (Å²) in [6.45, 7) is 5.36. The molecule has 1 saturated carbocycles. The van der Waals surface area contributed by atoms with Crippen molar-refractivity contribution in [3.05, 3.63) is 12.2 Å². The maximum atomic E-state index is 4.33. The lowest BCUT2D eigenvalue weighted by Crippen LogP contribution is -2.36. The van der Waals surface area contributed by atoms with Crippen LogP contribution >= 0.6 is 0 Å². The Kier molecular flexibility index (Phi) is 2.78. The van der Waals surface area contributed by atoms with Crippen LogP contribution in [0.2, 0.25) is 0 Å². The number of nitrogens with one attached hydrogen (secondary N) is 1. The number of rotatable bonds is 5. The van der Waals surface area contributed by atoms with Crippen molar-refractivity contribution in [2.75, 3.05) is 7.05 Å². The van der Waals surface area contributed by atoms with Crippen LogP contribution in [-0.4, -0.2) is 27.9 Å². The topological polar surface area (TPSA) is 42.7 Å². The van der Waals surface area contributed by atoms with Crippen LogP contribution in [0.3, 0.4) is 0 Å². The lowest BCUT2D eigenvalue weighted by molar-refractivity contribution is 0.364. The van der Waals surface area contributed by atoms with Gasteiger partial charge in [-0.15, -0.1) is 0 Å². The third-order valence-corrected chi connectivity index (χ3v) is 3.61. The van der Waals surface area contributed by atoms with E-state index >= 15 is 0 Å². The molecule has 15 heavy (non-hydrogen) atoms. The van der Waals surface area contributed by atoms with Gasteiger partial charge in [0, 0.05) is 19.0 Å². The molecular weight excluding hydrogens is 188 g/mol. The van der Waals surface area contributed by atoms with Gasteiger partial charge in [0.2, 0.25) is 0 Å². The highest BCUT2D eigenvalue weighted by atomic mass is 15.3. The van der Waals surface area contributed by atoms with Gasteiger partial charge in [-0.2, -0.15) is 5.10 Å². The normalized spacial score (nSPS) is 20.2. The minimum atomic E-state index is 0.485. The van der Waals surface area contributed by atoms with E-state index in [1.54, 1.807) is 6.33 Å². The number of likely N-dealkylation sites (N-methyl/N-ethyl adjacent to an activating group) is 1. The van der Waals surface area contributed by atoms with Crippen molar-refractivity contribution in [1.82, 2.24) is 20.1 Å². The highest BCUT2D eigenvalue weighted by molar-refractivity contribution is 5.03. The van der Waals surface area contributed by atoms with Gasteiger partial charge in [-0.05, 0) is 32.2 Å². The average Bonchev–Trinajstić information content (AvgIpc) is 2.83. The van der Waals surface area contributed by atoms with E-state index in [-0.39, 0.29) is 0 Å². The molecule has 1 heterocycles. The number of hydrogen-bond acceptors (Lipinski definition) is 3. The molecule has 0 saturated heterocycles. The van der Waals surface area contributed by atoms with E-state index in [1.807, 2.05) is 11.7 Å². The summed E-state index contributed by atoms with van der Waals surface area (Å²) in [4.78, 5) is 4.33. The van der Waals surface area contributed by atoms with Gasteiger partial charge < -0.3 is 5.32 Å². The van der Waals surface area contributed by atoms with Crippen LogP contribution in [0.5, 0.6) is 0 Å². The molecule has 1 aliphatic rings. The summed E-state index contributed by atoms with van der Waals surface area (Å²) in [5.74, 6) is 1.10. The molecule has 0 aromatic carbocycles. The van der Waals surface area contributed by atoms with Crippen LogP contribution in [-0.2, 0) is 13.0 Å². The highest BCUT2D eigenvalue weighted by Crippen LogP contribution is 2.48. The fourth-order valence-electron chi connectivity index (χ4n) is 2.14. The quantitative estimate of drug-likeness (QED) is 0.791. The third-order valence-electron chi connectivity index (χ3n) is 3.61. The molecule has 1 unspecified atom stereocenters. The first kappa shape index (κ1) is 10.6. The summed E-state index contributed by atoms with van der Waals surface area (Å²) < 4.78 is 1.98. The Labute approximate surface area is 91.1 Å². The van der Waals surface area contributed by atoms with Crippen LogP contribution in [0.15, 0.2) is 6.33 Å². The molecule has 0 spiro atoms. The van der Waals surface area contributed by atoms with Gasteiger partial charge in [0.15, 0.2) is 0 Å². The zero-order valence-electron chi connectivity index (χ0n) is 9.82. The van der Waals surface area contributed by atoms with Crippen molar-refractivity contribution in [2.24, 2.45) is 5.41 Å². The van der Waals surface area contributed by atoms with Crippen molar-refractivity contribution >= 4 is 0 Å².